The molecule has 1 atom stereocenters. The van der Waals surface area contributed by atoms with Crippen LogP contribution in [0, 0.1) is 0 Å². The first-order valence-corrected chi connectivity index (χ1v) is 8.50. The second-order valence-corrected chi connectivity index (χ2v) is 6.05. The van der Waals surface area contributed by atoms with Crippen LogP contribution >= 0.6 is 0 Å². The zero-order valence-electron chi connectivity index (χ0n) is 14.5. The molecule has 134 valence electrons. The Kier molecular flexibility index (Phi) is 5.31. The molecule has 6 nitrogen and oxygen atoms in total. The summed E-state index contributed by atoms with van der Waals surface area (Å²) < 4.78 is 5.70. The van der Waals surface area contributed by atoms with Gasteiger partial charge in [0, 0.05) is 12.1 Å². The predicted octanol–water partition coefficient (Wildman–Crippen LogP) is 2.32. The van der Waals surface area contributed by atoms with Crippen LogP contribution in [-0.4, -0.2) is 30.7 Å². The fraction of sp³-hybridized carbons (Fsp3) is 0.250. The van der Waals surface area contributed by atoms with Crippen molar-refractivity contribution in [1.29, 1.82) is 0 Å². The van der Waals surface area contributed by atoms with E-state index in [4.69, 9.17) is 4.74 Å². The molecule has 1 N–H and O–H groups in total. The van der Waals surface area contributed by atoms with E-state index in [2.05, 4.69) is 5.32 Å². The minimum Gasteiger partial charge on any atom is -0.478 e. The molecule has 2 aromatic carbocycles. The van der Waals surface area contributed by atoms with Gasteiger partial charge in [-0.3, -0.25) is 19.3 Å². The second-order valence-electron chi connectivity index (χ2n) is 6.05. The number of hydrogen-bond donors (Lipinski definition) is 1. The molecule has 1 unspecified atom stereocenters. The third-order valence-corrected chi connectivity index (χ3v) is 4.23. The number of carbonyl (C=O) groups is 3. The van der Waals surface area contributed by atoms with E-state index >= 15 is 0 Å². The third kappa shape index (κ3) is 3.74. The summed E-state index contributed by atoms with van der Waals surface area (Å²) in [6.07, 6.45) is 0.562. The number of anilines is 1. The molecule has 26 heavy (non-hydrogen) atoms. The Labute approximate surface area is 151 Å². The van der Waals surface area contributed by atoms with Gasteiger partial charge in [0.2, 0.25) is 5.91 Å². The number of nitrogens with zero attached hydrogens (tertiary/aromatic N) is 1. The molecule has 0 saturated carbocycles. The van der Waals surface area contributed by atoms with E-state index in [1.165, 1.54) is 4.90 Å². The number of rotatable bonds is 6. The maximum atomic E-state index is 12.7. The van der Waals surface area contributed by atoms with E-state index in [1.54, 1.807) is 18.2 Å². The van der Waals surface area contributed by atoms with Crippen molar-refractivity contribution in [2.24, 2.45) is 0 Å². The smallest absolute Gasteiger partial charge is 0.268 e. The van der Waals surface area contributed by atoms with Crippen molar-refractivity contribution in [3.63, 3.8) is 0 Å². The Morgan fingerprint density at radius 3 is 2.69 bits per heavy atom. The van der Waals surface area contributed by atoms with Gasteiger partial charge >= 0.3 is 0 Å². The minimum absolute atomic E-state index is 0.124. The molecule has 3 rings (SSSR count). The third-order valence-electron chi connectivity index (χ3n) is 4.23. The van der Waals surface area contributed by atoms with Crippen LogP contribution in [0.2, 0.25) is 0 Å². The SMILES string of the molecule is CCC1Oc2ccc(C=O)cc2N(CC(=O)NCc2ccccc2)C1=O. The zero-order valence-corrected chi connectivity index (χ0v) is 14.5. The number of amides is 2. The molecule has 0 aromatic heterocycles. The summed E-state index contributed by atoms with van der Waals surface area (Å²) in [6.45, 7) is 2.11. The standard InChI is InChI=1S/C20H20N2O4/c1-2-17-20(25)22(16-10-15(13-23)8-9-18(16)26-17)12-19(24)21-11-14-6-4-3-5-7-14/h3-10,13,17H,2,11-12H2,1H3,(H,21,24). The van der Waals surface area contributed by atoms with Crippen LogP contribution in [-0.2, 0) is 16.1 Å². The lowest BCUT2D eigenvalue weighted by Crippen LogP contribution is -2.49. The lowest BCUT2D eigenvalue weighted by Gasteiger charge is -2.33. The van der Waals surface area contributed by atoms with Crippen molar-refractivity contribution in [3.8, 4) is 5.75 Å². The van der Waals surface area contributed by atoms with Gasteiger partial charge < -0.3 is 10.1 Å². The molecular weight excluding hydrogens is 332 g/mol. The first kappa shape index (κ1) is 17.7. The summed E-state index contributed by atoms with van der Waals surface area (Å²) in [4.78, 5) is 37.5. The van der Waals surface area contributed by atoms with Crippen LogP contribution in [0.15, 0.2) is 48.5 Å². The van der Waals surface area contributed by atoms with Gasteiger partial charge in [-0.2, -0.15) is 0 Å². The quantitative estimate of drug-likeness (QED) is 0.810. The molecule has 2 amide bonds. The Balaban J connectivity index is 1.77. The van der Waals surface area contributed by atoms with Crippen LogP contribution in [0.25, 0.3) is 0 Å². The average Bonchev–Trinajstić information content (AvgIpc) is 2.68. The molecule has 1 aliphatic rings. The molecule has 0 radical (unpaired) electrons. The van der Waals surface area contributed by atoms with E-state index < -0.39 is 6.10 Å². The molecule has 0 fully saturated rings. The Bertz CT molecular complexity index is 820. The van der Waals surface area contributed by atoms with Crippen molar-refractivity contribution in [3.05, 3.63) is 59.7 Å². The van der Waals surface area contributed by atoms with E-state index in [-0.39, 0.29) is 18.4 Å². The highest BCUT2D eigenvalue weighted by Gasteiger charge is 2.34. The molecule has 1 heterocycles. The highest BCUT2D eigenvalue weighted by atomic mass is 16.5. The summed E-state index contributed by atoms with van der Waals surface area (Å²) in [5.74, 6) is -0.0581. The van der Waals surface area contributed by atoms with Gasteiger partial charge in [-0.05, 0) is 30.2 Å². The molecule has 1 aliphatic heterocycles. The van der Waals surface area contributed by atoms with E-state index in [1.807, 2.05) is 37.3 Å². The van der Waals surface area contributed by atoms with Gasteiger partial charge in [0.05, 0.1) is 5.69 Å². The molecule has 0 aliphatic carbocycles. The van der Waals surface area contributed by atoms with Crippen molar-refractivity contribution in [2.45, 2.75) is 26.0 Å². The topological polar surface area (TPSA) is 75.7 Å². The summed E-state index contributed by atoms with van der Waals surface area (Å²) in [5.41, 5.74) is 1.84. The maximum Gasteiger partial charge on any atom is 0.268 e. The maximum absolute atomic E-state index is 12.7. The average molecular weight is 352 g/mol. The second kappa shape index (κ2) is 7.82. The number of nitrogens with one attached hydrogen (secondary N) is 1. The molecular formula is C20H20N2O4. The Morgan fingerprint density at radius 1 is 1.23 bits per heavy atom. The van der Waals surface area contributed by atoms with E-state index in [0.717, 1.165) is 5.56 Å². The summed E-state index contributed by atoms with van der Waals surface area (Å²) in [6, 6.07) is 14.4. The van der Waals surface area contributed by atoms with E-state index in [9.17, 15) is 14.4 Å². The highest BCUT2D eigenvalue weighted by Crippen LogP contribution is 2.35. The lowest BCUT2D eigenvalue weighted by molar-refractivity contribution is -0.129. The van der Waals surface area contributed by atoms with Gasteiger partial charge in [0.15, 0.2) is 6.10 Å². The number of hydrogen-bond acceptors (Lipinski definition) is 4. The fourth-order valence-electron chi connectivity index (χ4n) is 2.83. The normalized spacial score (nSPS) is 15.8. The summed E-state index contributed by atoms with van der Waals surface area (Å²) in [5, 5.41) is 2.82. The number of carbonyl (C=O) groups excluding carboxylic acids is 3. The van der Waals surface area contributed by atoms with Crippen molar-refractivity contribution < 1.29 is 19.1 Å². The first-order valence-electron chi connectivity index (χ1n) is 8.50. The summed E-state index contributed by atoms with van der Waals surface area (Å²) in [7, 11) is 0. The van der Waals surface area contributed by atoms with Crippen molar-refractivity contribution in [1.82, 2.24) is 5.32 Å². The first-order chi connectivity index (χ1) is 12.6. The number of benzene rings is 2. The predicted molar refractivity (Wildman–Crippen MR) is 97.2 cm³/mol. The van der Waals surface area contributed by atoms with Gasteiger partial charge in [-0.25, -0.2) is 0 Å². The molecule has 0 spiro atoms. The Morgan fingerprint density at radius 2 is 2.00 bits per heavy atom. The molecule has 2 aromatic rings. The summed E-state index contributed by atoms with van der Waals surface area (Å²) >= 11 is 0. The lowest BCUT2D eigenvalue weighted by atomic mass is 10.1. The molecule has 0 bridgehead atoms. The largest absolute Gasteiger partial charge is 0.478 e. The fourth-order valence-corrected chi connectivity index (χ4v) is 2.83. The van der Waals surface area contributed by atoms with Gasteiger partial charge in [0.1, 0.15) is 18.6 Å². The number of aldehydes is 1. The van der Waals surface area contributed by atoms with Crippen LogP contribution in [0.1, 0.15) is 29.3 Å². The molecule has 6 heteroatoms. The van der Waals surface area contributed by atoms with Crippen LogP contribution in [0.3, 0.4) is 0 Å². The van der Waals surface area contributed by atoms with Crippen LogP contribution in [0.4, 0.5) is 5.69 Å². The van der Waals surface area contributed by atoms with Gasteiger partial charge in [0.25, 0.3) is 5.91 Å². The number of fused-ring (bicyclic) bond motifs is 1. The van der Waals surface area contributed by atoms with Crippen molar-refractivity contribution >= 4 is 23.8 Å². The molecule has 0 saturated heterocycles. The van der Waals surface area contributed by atoms with Crippen molar-refractivity contribution in [2.75, 3.05) is 11.4 Å². The minimum atomic E-state index is -0.633. The Hall–Kier alpha value is -3.15. The monoisotopic (exact) mass is 352 g/mol. The van der Waals surface area contributed by atoms with Gasteiger partial charge in [-0.1, -0.05) is 37.3 Å². The van der Waals surface area contributed by atoms with Crippen LogP contribution in [0.5, 0.6) is 5.75 Å². The van der Waals surface area contributed by atoms with E-state index in [0.29, 0.717) is 36.3 Å². The number of ether oxygens (including phenoxy) is 1. The van der Waals surface area contributed by atoms with Crippen LogP contribution < -0.4 is 15.0 Å². The van der Waals surface area contributed by atoms with Gasteiger partial charge in [-0.15, -0.1) is 0 Å². The highest BCUT2D eigenvalue weighted by molar-refractivity contribution is 6.04. The zero-order chi connectivity index (χ0) is 18.5.